The topological polar surface area (TPSA) is 25.8 Å². The van der Waals surface area contributed by atoms with Crippen LogP contribution in [-0.4, -0.2) is 28.3 Å². The first-order valence-corrected chi connectivity index (χ1v) is 19.8. The Hall–Kier alpha value is -3.06. The van der Waals surface area contributed by atoms with Crippen molar-refractivity contribution < 1.29 is 0 Å². The maximum absolute atomic E-state index is 4.80. The molecule has 180 valence electrons. The zero-order valence-corrected chi connectivity index (χ0v) is 25.2. The molecule has 0 amide bonds. The molecule has 0 bridgehead atoms. The van der Waals surface area contributed by atoms with Crippen LogP contribution in [0.15, 0.2) is 120 Å². The average molecular weight is 621 g/mol. The fraction of sp³-hybridized carbons (Fsp3) is 0.0625. The van der Waals surface area contributed by atoms with Crippen LogP contribution in [0.25, 0.3) is 22.5 Å². The monoisotopic (exact) mass is 622 g/mol. The van der Waals surface area contributed by atoms with Gasteiger partial charge in [0.25, 0.3) is 0 Å². The predicted molar refractivity (Wildman–Crippen MR) is 162 cm³/mol. The zero-order chi connectivity index (χ0) is 25.2. The van der Waals surface area contributed by atoms with Crippen LogP contribution in [0.1, 0.15) is 11.1 Å². The van der Waals surface area contributed by atoms with Crippen molar-refractivity contribution in [2.75, 3.05) is 0 Å². The summed E-state index contributed by atoms with van der Waals surface area (Å²) in [6.45, 7) is 4.34. The molecule has 0 spiro atoms. The number of hydrogen-bond donors (Lipinski definition) is 0. The molecule has 4 heterocycles. The minimum absolute atomic E-state index is 1.04. The van der Waals surface area contributed by atoms with Crippen LogP contribution in [0.5, 0.6) is 0 Å². The second-order valence-electron chi connectivity index (χ2n) is 9.24. The van der Waals surface area contributed by atoms with Crippen molar-refractivity contribution in [1.82, 2.24) is 9.97 Å². The normalized spacial score (nSPS) is 11.5. The number of rotatable bonds is 6. The SMILES string of the molecule is Cc1cc[c]([Sn]([c]2ccc(C)cc2)([c]2sccc2-c2ccccn2)[c]2sccc2-c2ccccn2)cc1. The summed E-state index contributed by atoms with van der Waals surface area (Å²) >= 11 is -0.0836. The number of benzene rings is 2. The van der Waals surface area contributed by atoms with E-state index in [-0.39, 0.29) is 0 Å². The van der Waals surface area contributed by atoms with E-state index in [0.29, 0.717) is 0 Å². The second kappa shape index (κ2) is 10.4. The van der Waals surface area contributed by atoms with E-state index in [4.69, 9.17) is 9.97 Å². The molecule has 5 heteroatoms. The molecular formula is C32H26N2S2Sn. The number of nitrogens with zero attached hydrogens (tertiary/aromatic N) is 2. The van der Waals surface area contributed by atoms with Gasteiger partial charge in [-0.3, -0.25) is 0 Å². The quantitative estimate of drug-likeness (QED) is 0.216. The summed E-state index contributed by atoms with van der Waals surface area (Å²) in [5, 5.41) is 4.50. The summed E-state index contributed by atoms with van der Waals surface area (Å²) in [7, 11) is 0. The molecule has 0 aliphatic heterocycles. The van der Waals surface area contributed by atoms with E-state index in [0.717, 1.165) is 11.4 Å². The third kappa shape index (κ3) is 4.37. The van der Waals surface area contributed by atoms with Gasteiger partial charge in [0.1, 0.15) is 0 Å². The second-order valence-corrected chi connectivity index (χ2v) is 23.6. The average Bonchev–Trinajstić information content (AvgIpc) is 3.63. The van der Waals surface area contributed by atoms with E-state index >= 15 is 0 Å². The molecule has 37 heavy (non-hydrogen) atoms. The van der Waals surface area contributed by atoms with Crippen LogP contribution >= 0.6 is 22.7 Å². The van der Waals surface area contributed by atoms with Crippen LogP contribution in [0.2, 0.25) is 0 Å². The molecule has 0 fully saturated rings. The van der Waals surface area contributed by atoms with E-state index in [1.165, 1.54) is 35.2 Å². The first-order valence-electron chi connectivity index (χ1n) is 12.3. The van der Waals surface area contributed by atoms with Gasteiger partial charge >= 0.3 is 232 Å². The first kappa shape index (κ1) is 24.3. The Bertz CT molecular complexity index is 1500. The molecule has 0 aliphatic carbocycles. The van der Waals surface area contributed by atoms with E-state index in [2.05, 4.69) is 110 Å². The third-order valence-corrected chi connectivity index (χ3v) is 26.7. The van der Waals surface area contributed by atoms with Crippen molar-refractivity contribution in [1.29, 1.82) is 0 Å². The van der Waals surface area contributed by atoms with Gasteiger partial charge in [0.05, 0.1) is 0 Å². The molecule has 0 saturated carbocycles. The molecule has 4 aromatic heterocycles. The van der Waals surface area contributed by atoms with Crippen LogP contribution in [-0.2, 0) is 0 Å². The summed E-state index contributed by atoms with van der Waals surface area (Å²) in [6.07, 6.45) is 3.80. The summed E-state index contributed by atoms with van der Waals surface area (Å²) in [6, 6.07) is 35.6. The van der Waals surface area contributed by atoms with Crippen molar-refractivity contribution in [3.8, 4) is 22.5 Å². The van der Waals surface area contributed by atoms with Gasteiger partial charge in [-0.25, -0.2) is 0 Å². The van der Waals surface area contributed by atoms with Crippen molar-refractivity contribution in [2.24, 2.45) is 0 Å². The summed E-state index contributed by atoms with van der Waals surface area (Å²) in [5.74, 6) is 0. The van der Waals surface area contributed by atoms with Gasteiger partial charge in [-0.05, 0) is 0 Å². The third-order valence-electron chi connectivity index (χ3n) is 6.86. The van der Waals surface area contributed by atoms with Gasteiger partial charge < -0.3 is 0 Å². The fourth-order valence-electron chi connectivity index (χ4n) is 5.05. The van der Waals surface area contributed by atoms with Gasteiger partial charge in [0, 0.05) is 0 Å². The molecule has 0 aliphatic rings. The van der Waals surface area contributed by atoms with Gasteiger partial charge in [-0.2, -0.15) is 0 Å². The zero-order valence-electron chi connectivity index (χ0n) is 20.8. The Morgan fingerprint density at radius 1 is 0.514 bits per heavy atom. The Labute approximate surface area is 230 Å². The van der Waals surface area contributed by atoms with Crippen LogP contribution in [0.3, 0.4) is 0 Å². The van der Waals surface area contributed by atoms with Crippen LogP contribution in [0, 0.1) is 13.8 Å². The maximum atomic E-state index is 4.80. The number of aromatic nitrogens is 2. The molecule has 0 saturated heterocycles. The Morgan fingerprint density at radius 2 is 0.946 bits per heavy atom. The molecule has 0 atom stereocenters. The molecular weight excluding hydrogens is 595 g/mol. The number of hydrogen-bond acceptors (Lipinski definition) is 4. The molecule has 6 aromatic rings. The summed E-state index contributed by atoms with van der Waals surface area (Å²) in [4.78, 5) is 9.61. The number of thiophene rings is 2. The molecule has 6 rings (SSSR count). The summed E-state index contributed by atoms with van der Waals surface area (Å²) in [5.41, 5.74) is 7.14. The Kier molecular flexibility index (Phi) is 6.80. The van der Waals surface area contributed by atoms with Gasteiger partial charge in [0.15, 0.2) is 0 Å². The Balaban J connectivity index is 1.76. The van der Waals surface area contributed by atoms with E-state index < -0.39 is 18.4 Å². The van der Waals surface area contributed by atoms with E-state index in [1.807, 2.05) is 47.2 Å². The van der Waals surface area contributed by atoms with Gasteiger partial charge in [0.2, 0.25) is 0 Å². The van der Waals surface area contributed by atoms with Crippen molar-refractivity contribution in [2.45, 2.75) is 13.8 Å². The van der Waals surface area contributed by atoms with Crippen LogP contribution in [0.4, 0.5) is 0 Å². The van der Waals surface area contributed by atoms with Crippen LogP contribution < -0.4 is 12.9 Å². The van der Waals surface area contributed by atoms with Crippen molar-refractivity contribution in [3.63, 3.8) is 0 Å². The Morgan fingerprint density at radius 3 is 1.32 bits per heavy atom. The molecule has 0 N–H and O–H groups in total. The van der Waals surface area contributed by atoms with Crippen molar-refractivity contribution >= 4 is 54.0 Å². The molecule has 0 unspecified atom stereocenters. The summed E-state index contributed by atoms with van der Waals surface area (Å²) < 4.78 is 5.84. The number of aryl methyl sites for hydroxylation is 2. The van der Waals surface area contributed by atoms with Gasteiger partial charge in [-0.15, -0.1) is 0 Å². The standard InChI is InChI=1S/2C9H6NS.2C7H7.Sn/c2*1-2-5-10-9(3-1)8-4-6-11-7-8;2*1-7-5-3-2-4-6-7;/h2*1-6H;2*3-6H,1H3;. The minimum atomic E-state index is -3.87. The van der Waals surface area contributed by atoms with E-state index in [9.17, 15) is 0 Å². The first-order chi connectivity index (χ1) is 18.2. The molecule has 2 nitrogen and oxygen atoms in total. The van der Waals surface area contributed by atoms with Gasteiger partial charge in [-0.1, -0.05) is 0 Å². The van der Waals surface area contributed by atoms with E-state index in [1.54, 1.807) is 0 Å². The fourth-order valence-corrected chi connectivity index (χ4v) is 27.7. The number of pyridine rings is 2. The molecule has 2 aromatic carbocycles. The molecule has 0 radical (unpaired) electrons. The van der Waals surface area contributed by atoms with Crippen molar-refractivity contribution in [3.05, 3.63) is 131 Å². The predicted octanol–water partition coefficient (Wildman–Crippen LogP) is 5.93.